The molecular weight excluding hydrogens is 511 g/mol. The van der Waals surface area contributed by atoms with Crippen LogP contribution in [0.3, 0.4) is 0 Å². The first kappa shape index (κ1) is 24.8. The minimum absolute atomic E-state index is 0.569. The van der Waals surface area contributed by atoms with Crippen LogP contribution in [0.5, 0.6) is 0 Å². The lowest BCUT2D eigenvalue weighted by Crippen LogP contribution is -2.55. The van der Waals surface area contributed by atoms with Crippen molar-refractivity contribution in [2.24, 2.45) is 23.7 Å². The fraction of sp³-hybridized carbons (Fsp3) is 0.483. The largest absolute Gasteiger partial charge is 0.312 e. The van der Waals surface area contributed by atoms with Gasteiger partial charge in [-0.15, -0.1) is 0 Å². The van der Waals surface area contributed by atoms with E-state index in [-0.39, 0.29) is 0 Å². The van der Waals surface area contributed by atoms with Gasteiger partial charge in [-0.05, 0) is 98.6 Å². The van der Waals surface area contributed by atoms with Crippen LogP contribution in [0.1, 0.15) is 43.4 Å². The summed E-state index contributed by atoms with van der Waals surface area (Å²) < 4.78 is 1.93. The zero-order valence-electron chi connectivity index (χ0n) is 20.6. The molecular formula is C29H33Cl3N4. The second kappa shape index (κ2) is 10.3. The minimum Gasteiger partial charge on any atom is -0.312 e. The van der Waals surface area contributed by atoms with Gasteiger partial charge < -0.3 is 10.6 Å². The van der Waals surface area contributed by atoms with Crippen molar-refractivity contribution in [3.63, 3.8) is 0 Å². The number of hydrogen-bond donors (Lipinski definition) is 2. The number of benzene rings is 2. The quantitative estimate of drug-likeness (QED) is 0.293. The summed E-state index contributed by atoms with van der Waals surface area (Å²) in [7, 11) is 0. The Labute approximate surface area is 228 Å². The molecule has 4 saturated carbocycles. The first-order valence-electron chi connectivity index (χ1n) is 13.2. The average molecular weight is 544 g/mol. The molecule has 0 aliphatic heterocycles. The zero-order valence-corrected chi connectivity index (χ0v) is 22.9. The molecule has 0 saturated heterocycles. The first-order chi connectivity index (χ1) is 17.5. The van der Waals surface area contributed by atoms with Crippen LogP contribution in [-0.4, -0.2) is 28.9 Å². The van der Waals surface area contributed by atoms with Gasteiger partial charge in [0.1, 0.15) is 0 Å². The summed E-state index contributed by atoms with van der Waals surface area (Å²) in [5.41, 5.74) is 5.01. The monoisotopic (exact) mass is 542 g/mol. The van der Waals surface area contributed by atoms with Crippen LogP contribution in [0.4, 0.5) is 0 Å². The van der Waals surface area contributed by atoms with E-state index >= 15 is 0 Å². The Bertz CT molecular complexity index is 1210. The van der Waals surface area contributed by atoms with E-state index in [2.05, 4.69) is 17.6 Å². The lowest BCUT2D eigenvalue weighted by Gasteiger charge is -2.54. The molecule has 4 fully saturated rings. The number of halogens is 3. The predicted octanol–water partition coefficient (Wildman–Crippen LogP) is 7.31. The zero-order chi connectivity index (χ0) is 24.8. The highest BCUT2D eigenvalue weighted by Gasteiger charge is 2.47. The molecule has 4 bridgehead atoms. The fourth-order valence-electron chi connectivity index (χ4n) is 7.28. The van der Waals surface area contributed by atoms with Crippen molar-refractivity contribution in [3.05, 3.63) is 68.8 Å². The third kappa shape index (κ3) is 4.83. The minimum atomic E-state index is 0.569. The fourth-order valence-corrected chi connectivity index (χ4v) is 7.89. The van der Waals surface area contributed by atoms with Crippen LogP contribution in [0.25, 0.3) is 16.9 Å². The van der Waals surface area contributed by atoms with Gasteiger partial charge in [-0.2, -0.15) is 5.10 Å². The van der Waals surface area contributed by atoms with Crippen LogP contribution in [0, 0.1) is 30.6 Å². The van der Waals surface area contributed by atoms with Crippen molar-refractivity contribution < 1.29 is 0 Å². The molecule has 1 heterocycles. The molecule has 0 radical (unpaired) electrons. The van der Waals surface area contributed by atoms with Gasteiger partial charge in [0.05, 0.1) is 22.1 Å². The van der Waals surface area contributed by atoms with Crippen LogP contribution in [-0.2, 0) is 6.54 Å². The third-order valence-corrected chi connectivity index (χ3v) is 9.47. The van der Waals surface area contributed by atoms with Crippen molar-refractivity contribution >= 4 is 34.8 Å². The lowest BCUT2D eigenvalue weighted by molar-refractivity contribution is -0.0133. The lowest BCUT2D eigenvalue weighted by atomic mass is 9.54. The van der Waals surface area contributed by atoms with Gasteiger partial charge in [-0.3, -0.25) is 0 Å². The van der Waals surface area contributed by atoms with E-state index in [1.54, 1.807) is 6.07 Å². The van der Waals surface area contributed by atoms with Gasteiger partial charge >= 0.3 is 0 Å². The topological polar surface area (TPSA) is 41.9 Å². The van der Waals surface area contributed by atoms with Gasteiger partial charge in [-0.1, -0.05) is 46.9 Å². The molecule has 190 valence electrons. The maximum Gasteiger partial charge on any atom is 0.0840 e. The van der Waals surface area contributed by atoms with Crippen molar-refractivity contribution in [1.82, 2.24) is 20.4 Å². The molecule has 0 atom stereocenters. The highest BCUT2D eigenvalue weighted by Crippen LogP contribution is 2.53. The standard InChI is InChI=1S/C29H33Cl3N4/c1-17-26(16-33-8-9-34-28-21-11-18-10-19(13-21)14-22(28)12-18)35-36(27-7-6-24(31)15-25(27)32)29(17)20-2-4-23(30)5-3-20/h2-7,15,18-19,21-22,28,33-34H,8-14,16H2,1H3/t18-,19+,21-,22+,28?. The molecule has 1 aromatic heterocycles. The van der Waals surface area contributed by atoms with E-state index in [0.717, 1.165) is 71.0 Å². The summed E-state index contributed by atoms with van der Waals surface area (Å²) in [5, 5.41) is 14.4. The summed E-state index contributed by atoms with van der Waals surface area (Å²) in [6.45, 7) is 4.75. The first-order valence-corrected chi connectivity index (χ1v) is 14.3. The van der Waals surface area contributed by atoms with Crippen LogP contribution < -0.4 is 10.6 Å². The summed E-state index contributed by atoms with van der Waals surface area (Å²) in [6.07, 6.45) is 7.32. The van der Waals surface area contributed by atoms with E-state index in [1.807, 2.05) is 41.1 Å². The third-order valence-electron chi connectivity index (χ3n) is 8.68. The van der Waals surface area contributed by atoms with Crippen molar-refractivity contribution in [2.45, 2.75) is 51.6 Å². The highest BCUT2D eigenvalue weighted by molar-refractivity contribution is 6.35. The Kier molecular flexibility index (Phi) is 7.09. The highest BCUT2D eigenvalue weighted by atomic mass is 35.5. The molecule has 3 aromatic rings. The molecule has 4 aliphatic rings. The molecule has 0 spiro atoms. The Morgan fingerprint density at radius 3 is 2.19 bits per heavy atom. The molecule has 2 aromatic carbocycles. The van der Waals surface area contributed by atoms with Gasteiger partial charge in [-0.25, -0.2) is 4.68 Å². The number of hydrogen-bond acceptors (Lipinski definition) is 3. The van der Waals surface area contributed by atoms with Crippen molar-refractivity contribution in [3.8, 4) is 16.9 Å². The van der Waals surface area contributed by atoms with Gasteiger partial charge in [0, 0.05) is 41.3 Å². The van der Waals surface area contributed by atoms with E-state index < -0.39 is 0 Å². The summed E-state index contributed by atoms with van der Waals surface area (Å²) >= 11 is 18.9. The van der Waals surface area contributed by atoms with E-state index in [9.17, 15) is 0 Å². The molecule has 7 heteroatoms. The normalized spacial score (nSPS) is 26.6. The molecule has 7 rings (SSSR count). The van der Waals surface area contributed by atoms with Gasteiger partial charge in [0.15, 0.2) is 0 Å². The SMILES string of the molecule is Cc1c(CNCCNC2[C@H]3C[C@@H]4C[C@@H](C[C@H]2C4)C3)nn(-c2ccc(Cl)cc2Cl)c1-c1ccc(Cl)cc1. The summed E-state index contributed by atoms with van der Waals surface area (Å²) in [5.74, 6) is 3.85. The van der Waals surface area contributed by atoms with Crippen molar-refractivity contribution in [2.75, 3.05) is 13.1 Å². The number of nitrogens with one attached hydrogen (secondary N) is 2. The number of aromatic nitrogens is 2. The maximum absolute atomic E-state index is 6.59. The predicted molar refractivity (Wildman–Crippen MR) is 149 cm³/mol. The Balaban J connectivity index is 1.15. The van der Waals surface area contributed by atoms with E-state index in [4.69, 9.17) is 39.9 Å². The molecule has 36 heavy (non-hydrogen) atoms. The van der Waals surface area contributed by atoms with E-state index in [1.165, 1.54) is 32.1 Å². The molecule has 0 unspecified atom stereocenters. The Morgan fingerprint density at radius 1 is 0.861 bits per heavy atom. The second-order valence-corrected chi connectivity index (χ2v) is 12.3. The van der Waals surface area contributed by atoms with Crippen LogP contribution >= 0.6 is 34.8 Å². The Morgan fingerprint density at radius 2 is 1.53 bits per heavy atom. The molecule has 4 aliphatic carbocycles. The molecule has 4 nitrogen and oxygen atoms in total. The summed E-state index contributed by atoms with van der Waals surface area (Å²) in [6, 6.07) is 14.1. The average Bonchev–Trinajstić information content (AvgIpc) is 3.16. The van der Waals surface area contributed by atoms with Crippen LogP contribution in [0.2, 0.25) is 15.1 Å². The molecule has 2 N–H and O–H groups in total. The van der Waals surface area contributed by atoms with Crippen LogP contribution in [0.15, 0.2) is 42.5 Å². The smallest absolute Gasteiger partial charge is 0.0840 e. The van der Waals surface area contributed by atoms with Gasteiger partial charge in [0.25, 0.3) is 0 Å². The summed E-state index contributed by atoms with van der Waals surface area (Å²) in [4.78, 5) is 0. The second-order valence-electron chi connectivity index (χ2n) is 11.0. The molecule has 0 amide bonds. The van der Waals surface area contributed by atoms with Gasteiger partial charge in [0.2, 0.25) is 0 Å². The number of rotatable bonds is 8. The number of nitrogens with zero attached hydrogens (tertiary/aromatic N) is 2. The maximum atomic E-state index is 6.59. The Hall–Kier alpha value is -1.56. The van der Waals surface area contributed by atoms with E-state index in [0.29, 0.717) is 21.6 Å². The van der Waals surface area contributed by atoms with Crippen molar-refractivity contribution in [1.29, 1.82) is 0 Å².